The average molecular weight is 897 g/mol. The SMILES string of the molecule is CCCCCCC/C=C\C/C=C\C/C=C\CCCCCCCCCCC(=O)OCC(COC(=O)CCCCCCCCCC)OC(=O)CCCCCCC/C=C\CCCCCCCC. The Morgan fingerprint density at radius 2 is 0.562 bits per heavy atom. The summed E-state index contributed by atoms with van der Waals surface area (Å²) in [6.07, 6.45) is 63.9. The van der Waals surface area contributed by atoms with E-state index in [1.807, 2.05) is 0 Å². The summed E-state index contributed by atoms with van der Waals surface area (Å²) >= 11 is 0. The molecule has 0 heterocycles. The third kappa shape index (κ3) is 50.4. The van der Waals surface area contributed by atoms with Crippen molar-refractivity contribution >= 4 is 17.9 Å². The van der Waals surface area contributed by atoms with Gasteiger partial charge < -0.3 is 14.2 Å². The quantitative estimate of drug-likeness (QED) is 0.0262. The number of ether oxygens (including phenoxy) is 3. The van der Waals surface area contributed by atoms with Crippen molar-refractivity contribution in [2.24, 2.45) is 0 Å². The molecule has 0 bridgehead atoms. The van der Waals surface area contributed by atoms with Gasteiger partial charge in [0.05, 0.1) is 0 Å². The molecule has 6 nitrogen and oxygen atoms in total. The van der Waals surface area contributed by atoms with E-state index in [0.29, 0.717) is 19.3 Å². The molecular formula is C58H104O6. The first-order valence-corrected chi connectivity index (χ1v) is 27.6. The van der Waals surface area contributed by atoms with Crippen LogP contribution in [0.25, 0.3) is 0 Å². The van der Waals surface area contributed by atoms with Crippen LogP contribution in [-0.4, -0.2) is 37.2 Å². The lowest BCUT2D eigenvalue weighted by Crippen LogP contribution is -2.30. The van der Waals surface area contributed by atoms with Gasteiger partial charge in [0, 0.05) is 19.3 Å². The Labute approximate surface area is 397 Å². The minimum Gasteiger partial charge on any atom is -0.462 e. The Kier molecular flexibility index (Phi) is 50.8. The van der Waals surface area contributed by atoms with Crippen molar-refractivity contribution in [1.29, 1.82) is 0 Å². The Balaban J connectivity index is 4.24. The van der Waals surface area contributed by atoms with Gasteiger partial charge in [-0.1, -0.05) is 230 Å². The molecule has 0 rings (SSSR count). The summed E-state index contributed by atoms with van der Waals surface area (Å²) in [6, 6.07) is 0. The molecule has 64 heavy (non-hydrogen) atoms. The van der Waals surface area contributed by atoms with Crippen LogP contribution in [0.15, 0.2) is 48.6 Å². The molecule has 0 aliphatic carbocycles. The molecular weight excluding hydrogens is 793 g/mol. The highest BCUT2D eigenvalue weighted by Crippen LogP contribution is 2.15. The van der Waals surface area contributed by atoms with Gasteiger partial charge in [-0.2, -0.15) is 0 Å². The first kappa shape index (κ1) is 61.4. The maximum absolute atomic E-state index is 12.8. The van der Waals surface area contributed by atoms with E-state index < -0.39 is 6.10 Å². The van der Waals surface area contributed by atoms with Gasteiger partial charge in [0.25, 0.3) is 0 Å². The molecule has 0 aromatic heterocycles. The van der Waals surface area contributed by atoms with Crippen molar-refractivity contribution in [3.8, 4) is 0 Å². The number of hydrogen-bond acceptors (Lipinski definition) is 6. The molecule has 0 radical (unpaired) electrons. The zero-order valence-corrected chi connectivity index (χ0v) is 42.6. The third-order valence-corrected chi connectivity index (χ3v) is 12.1. The molecule has 0 N–H and O–H groups in total. The smallest absolute Gasteiger partial charge is 0.306 e. The van der Waals surface area contributed by atoms with Crippen molar-refractivity contribution in [2.75, 3.05) is 13.2 Å². The van der Waals surface area contributed by atoms with Crippen LogP contribution >= 0.6 is 0 Å². The summed E-state index contributed by atoms with van der Waals surface area (Å²) in [5, 5.41) is 0. The van der Waals surface area contributed by atoms with Crippen LogP contribution in [0, 0.1) is 0 Å². The minimum atomic E-state index is -0.776. The lowest BCUT2D eigenvalue weighted by molar-refractivity contribution is -0.167. The molecule has 0 saturated heterocycles. The molecule has 1 unspecified atom stereocenters. The molecule has 0 spiro atoms. The van der Waals surface area contributed by atoms with E-state index >= 15 is 0 Å². The molecule has 0 amide bonds. The van der Waals surface area contributed by atoms with Crippen molar-refractivity contribution in [3.05, 3.63) is 48.6 Å². The maximum atomic E-state index is 12.8. The summed E-state index contributed by atoms with van der Waals surface area (Å²) in [6.45, 7) is 6.60. The molecule has 0 aliphatic heterocycles. The first-order chi connectivity index (χ1) is 31.5. The van der Waals surface area contributed by atoms with E-state index in [0.717, 1.165) is 83.5 Å². The topological polar surface area (TPSA) is 78.9 Å². The first-order valence-electron chi connectivity index (χ1n) is 27.6. The number of carbonyl (C=O) groups excluding carboxylic acids is 3. The Bertz CT molecular complexity index is 1120. The summed E-state index contributed by atoms with van der Waals surface area (Å²) in [7, 11) is 0. The monoisotopic (exact) mass is 897 g/mol. The van der Waals surface area contributed by atoms with Gasteiger partial charge in [0.2, 0.25) is 0 Å². The van der Waals surface area contributed by atoms with E-state index in [1.54, 1.807) is 0 Å². The van der Waals surface area contributed by atoms with E-state index in [4.69, 9.17) is 14.2 Å². The van der Waals surface area contributed by atoms with Crippen molar-refractivity contribution in [3.63, 3.8) is 0 Å². The van der Waals surface area contributed by atoms with E-state index in [2.05, 4.69) is 69.4 Å². The predicted octanol–water partition coefficient (Wildman–Crippen LogP) is 18.3. The molecule has 0 saturated carbocycles. The van der Waals surface area contributed by atoms with Crippen LogP contribution in [0.4, 0.5) is 0 Å². The number of hydrogen-bond donors (Lipinski definition) is 0. The second kappa shape index (κ2) is 53.0. The zero-order chi connectivity index (χ0) is 46.5. The highest BCUT2D eigenvalue weighted by molar-refractivity contribution is 5.71. The van der Waals surface area contributed by atoms with Gasteiger partial charge in [0.15, 0.2) is 6.10 Å². The lowest BCUT2D eigenvalue weighted by Gasteiger charge is -2.18. The minimum absolute atomic E-state index is 0.0771. The van der Waals surface area contributed by atoms with E-state index in [-0.39, 0.29) is 31.1 Å². The number of carbonyl (C=O) groups is 3. The van der Waals surface area contributed by atoms with Crippen LogP contribution in [0.1, 0.15) is 284 Å². The van der Waals surface area contributed by atoms with Crippen LogP contribution in [0.2, 0.25) is 0 Å². The highest BCUT2D eigenvalue weighted by atomic mass is 16.6. The highest BCUT2D eigenvalue weighted by Gasteiger charge is 2.19. The number of rotatable bonds is 50. The standard InChI is InChI=1S/C58H104O6/c1-4-7-10-13-16-19-21-23-25-26-27-28-29-30-31-32-34-35-37-39-42-45-48-51-57(60)63-54-55(53-62-56(59)50-47-44-41-18-15-12-9-6-3)64-58(61)52-49-46-43-40-38-36-33-24-22-20-17-14-11-8-5-2/h21,23-24,26-27,29-30,33,55H,4-20,22,25,28,31-32,34-54H2,1-3H3/b23-21-,27-26-,30-29-,33-24-. The van der Waals surface area contributed by atoms with Crippen molar-refractivity contribution in [1.82, 2.24) is 0 Å². The van der Waals surface area contributed by atoms with Gasteiger partial charge in [-0.3, -0.25) is 14.4 Å². The van der Waals surface area contributed by atoms with Gasteiger partial charge >= 0.3 is 17.9 Å². The Morgan fingerprint density at radius 1 is 0.312 bits per heavy atom. The van der Waals surface area contributed by atoms with Crippen molar-refractivity contribution in [2.45, 2.75) is 290 Å². The molecule has 0 aromatic carbocycles. The van der Waals surface area contributed by atoms with Crippen LogP contribution in [0.5, 0.6) is 0 Å². The third-order valence-electron chi connectivity index (χ3n) is 12.1. The van der Waals surface area contributed by atoms with E-state index in [9.17, 15) is 14.4 Å². The van der Waals surface area contributed by atoms with Gasteiger partial charge in [-0.25, -0.2) is 0 Å². The van der Waals surface area contributed by atoms with Crippen molar-refractivity contribution < 1.29 is 28.6 Å². The van der Waals surface area contributed by atoms with Crippen LogP contribution in [-0.2, 0) is 28.6 Å². The molecule has 0 aromatic rings. The molecule has 372 valence electrons. The number of unbranched alkanes of at least 4 members (excludes halogenated alkanes) is 31. The maximum Gasteiger partial charge on any atom is 0.306 e. The van der Waals surface area contributed by atoms with Crippen LogP contribution < -0.4 is 0 Å². The predicted molar refractivity (Wildman–Crippen MR) is 275 cm³/mol. The average Bonchev–Trinajstić information content (AvgIpc) is 3.29. The second-order valence-electron chi connectivity index (χ2n) is 18.5. The molecule has 0 fully saturated rings. The number of allylic oxidation sites excluding steroid dienone is 8. The fourth-order valence-corrected chi connectivity index (χ4v) is 7.86. The fraction of sp³-hybridized carbons (Fsp3) is 0.810. The molecule has 6 heteroatoms. The number of esters is 3. The second-order valence-corrected chi connectivity index (χ2v) is 18.5. The fourth-order valence-electron chi connectivity index (χ4n) is 7.86. The summed E-state index contributed by atoms with van der Waals surface area (Å²) in [5.74, 6) is -0.889. The van der Waals surface area contributed by atoms with Crippen LogP contribution in [0.3, 0.4) is 0 Å². The van der Waals surface area contributed by atoms with E-state index in [1.165, 1.54) is 161 Å². The lowest BCUT2D eigenvalue weighted by atomic mass is 10.1. The van der Waals surface area contributed by atoms with Gasteiger partial charge in [0.1, 0.15) is 13.2 Å². The summed E-state index contributed by atoms with van der Waals surface area (Å²) in [4.78, 5) is 37.9. The normalized spacial score (nSPS) is 12.4. The summed E-state index contributed by atoms with van der Waals surface area (Å²) in [5.41, 5.74) is 0. The zero-order valence-electron chi connectivity index (χ0n) is 42.6. The van der Waals surface area contributed by atoms with Gasteiger partial charge in [-0.05, 0) is 83.5 Å². The molecule has 1 atom stereocenters. The largest absolute Gasteiger partial charge is 0.462 e. The Hall–Kier alpha value is -2.63. The Morgan fingerprint density at radius 3 is 0.891 bits per heavy atom. The van der Waals surface area contributed by atoms with Gasteiger partial charge in [-0.15, -0.1) is 0 Å². The molecule has 0 aliphatic rings. The summed E-state index contributed by atoms with van der Waals surface area (Å²) < 4.78 is 16.8.